The third kappa shape index (κ3) is 2.59. The zero-order valence-electron chi connectivity index (χ0n) is 11.1. The maximum absolute atomic E-state index is 12.4. The van der Waals surface area contributed by atoms with E-state index >= 15 is 0 Å². The van der Waals surface area contributed by atoms with Crippen molar-refractivity contribution in [1.82, 2.24) is 19.9 Å². The molecule has 3 rings (SSSR count). The Hall–Kier alpha value is -1.73. The summed E-state index contributed by atoms with van der Waals surface area (Å²) in [5.41, 5.74) is 6.11. The van der Waals surface area contributed by atoms with Gasteiger partial charge >= 0.3 is 0 Å². The van der Waals surface area contributed by atoms with Gasteiger partial charge in [-0.15, -0.1) is 16.4 Å². The monoisotopic (exact) mass is 291 g/mol. The number of hydrogen-bond acceptors (Lipinski definition) is 5. The summed E-state index contributed by atoms with van der Waals surface area (Å²) in [4.78, 5) is 15.4. The second-order valence-electron chi connectivity index (χ2n) is 4.91. The third-order valence-electron chi connectivity index (χ3n) is 3.57. The van der Waals surface area contributed by atoms with Gasteiger partial charge in [-0.1, -0.05) is 11.3 Å². The lowest BCUT2D eigenvalue weighted by Crippen LogP contribution is -2.40. The highest BCUT2D eigenvalue weighted by atomic mass is 32.1. The summed E-state index contributed by atoms with van der Waals surface area (Å²) < 4.78 is 1.70. The number of rotatable bonds is 4. The van der Waals surface area contributed by atoms with Gasteiger partial charge in [0.2, 0.25) is 0 Å². The van der Waals surface area contributed by atoms with Crippen molar-refractivity contribution in [2.24, 2.45) is 5.73 Å². The smallest absolute Gasteiger partial charge is 0.276 e. The summed E-state index contributed by atoms with van der Waals surface area (Å²) in [5.74, 6) is -0.0598. The molecule has 2 N–H and O–H groups in total. The van der Waals surface area contributed by atoms with Gasteiger partial charge in [-0.05, 0) is 24.3 Å². The highest BCUT2D eigenvalue weighted by molar-refractivity contribution is 7.09. The first-order chi connectivity index (χ1) is 9.78. The summed E-state index contributed by atoms with van der Waals surface area (Å²) in [7, 11) is 0. The SMILES string of the molecule is NCC1CCCN1C(=O)c1cn(Cc2cccs2)nn1. The van der Waals surface area contributed by atoms with Crippen molar-refractivity contribution in [1.29, 1.82) is 0 Å². The van der Waals surface area contributed by atoms with Crippen LogP contribution in [0, 0.1) is 0 Å². The van der Waals surface area contributed by atoms with Crippen molar-refractivity contribution in [3.05, 3.63) is 34.3 Å². The fourth-order valence-corrected chi connectivity index (χ4v) is 3.23. The Labute approximate surface area is 121 Å². The van der Waals surface area contributed by atoms with Crippen LogP contribution < -0.4 is 5.73 Å². The normalized spacial score (nSPS) is 18.6. The van der Waals surface area contributed by atoms with Gasteiger partial charge < -0.3 is 10.6 Å². The van der Waals surface area contributed by atoms with E-state index in [-0.39, 0.29) is 11.9 Å². The van der Waals surface area contributed by atoms with Crippen LogP contribution in [0.3, 0.4) is 0 Å². The minimum Gasteiger partial charge on any atom is -0.333 e. The lowest BCUT2D eigenvalue weighted by Gasteiger charge is -2.22. The molecule has 1 aliphatic rings. The van der Waals surface area contributed by atoms with Gasteiger partial charge in [-0.25, -0.2) is 4.68 Å². The van der Waals surface area contributed by atoms with Gasteiger partial charge in [0, 0.05) is 24.0 Å². The Balaban J connectivity index is 1.71. The highest BCUT2D eigenvalue weighted by Gasteiger charge is 2.29. The molecule has 0 radical (unpaired) electrons. The van der Waals surface area contributed by atoms with Crippen LogP contribution in [0.1, 0.15) is 28.2 Å². The highest BCUT2D eigenvalue weighted by Crippen LogP contribution is 2.18. The van der Waals surface area contributed by atoms with E-state index in [9.17, 15) is 4.79 Å². The molecule has 1 aliphatic heterocycles. The second-order valence-corrected chi connectivity index (χ2v) is 5.94. The quantitative estimate of drug-likeness (QED) is 0.910. The number of carbonyl (C=O) groups is 1. The molecule has 6 nitrogen and oxygen atoms in total. The first kappa shape index (κ1) is 13.3. The topological polar surface area (TPSA) is 77.0 Å². The third-order valence-corrected chi connectivity index (χ3v) is 4.43. The number of hydrogen-bond donors (Lipinski definition) is 1. The van der Waals surface area contributed by atoms with Crippen LogP contribution >= 0.6 is 11.3 Å². The second kappa shape index (κ2) is 5.72. The number of carbonyl (C=O) groups excluding carboxylic acids is 1. The molecule has 1 atom stereocenters. The number of nitrogens with zero attached hydrogens (tertiary/aromatic N) is 4. The van der Waals surface area contributed by atoms with Crippen LogP contribution in [0.5, 0.6) is 0 Å². The molecule has 2 aromatic heterocycles. The van der Waals surface area contributed by atoms with E-state index in [4.69, 9.17) is 5.73 Å². The number of likely N-dealkylation sites (tertiary alicyclic amines) is 1. The van der Waals surface area contributed by atoms with E-state index in [1.54, 1.807) is 22.2 Å². The standard InChI is InChI=1S/C13H17N5OS/c14-7-10-3-1-5-18(10)13(19)12-9-17(16-15-12)8-11-4-2-6-20-11/h2,4,6,9-10H,1,3,5,7-8,14H2. The lowest BCUT2D eigenvalue weighted by molar-refractivity contribution is 0.0735. The van der Waals surface area contributed by atoms with E-state index in [1.165, 1.54) is 4.88 Å². The van der Waals surface area contributed by atoms with Crippen molar-refractivity contribution < 1.29 is 4.79 Å². The van der Waals surface area contributed by atoms with E-state index in [2.05, 4.69) is 10.3 Å². The average Bonchev–Trinajstić information content (AvgIpc) is 3.19. The van der Waals surface area contributed by atoms with Crippen molar-refractivity contribution in [3.8, 4) is 0 Å². The summed E-state index contributed by atoms with van der Waals surface area (Å²) in [6, 6.07) is 4.18. The maximum atomic E-state index is 12.4. The first-order valence-electron chi connectivity index (χ1n) is 6.71. The summed E-state index contributed by atoms with van der Waals surface area (Å²) in [6.45, 7) is 1.92. The first-order valence-corrected chi connectivity index (χ1v) is 7.59. The van der Waals surface area contributed by atoms with Crippen LogP contribution in [0.2, 0.25) is 0 Å². The summed E-state index contributed by atoms with van der Waals surface area (Å²) in [6.07, 6.45) is 3.70. The van der Waals surface area contributed by atoms with Crippen LogP contribution in [0.4, 0.5) is 0 Å². The molecule has 20 heavy (non-hydrogen) atoms. The average molecular weight is 291 g/mol. The van der Waals surface area contributed by atoms with Gasteiger partial charge in [0.05, 0.1) is 12.7 Å². The number of aromatic nitrogens is 3. The molecule has 0 aliphatic carbocycles. The van der Waals surface area contributed by atoms with Crippen LogP contribution in [-0.4, -0.2) is 44.9 Å². The molecule has 0 aromatic carbocycles. The molecule has 0 spiro atoms. The van der Waals surface area contributed by atoms with Gasteiger partial charge in [-0.3, -0.25) is 4.79 Å². The largest absolute Gasteiger partial charge is 0.333 e. The number of thiophene rings is 1. The molecular formula is C13H17N5OS. The van der Waals surface area contributed by atoms with E-state index in [1.807, 2.05) is 22.4 Å². The van der Waals surface area contributed by atoms with Gasteiger partial charge in [0.15, 0.2) is 5.69 Å². The Morgan fingerprint density at radius 2 is 2.45 bits per heavy atom. The minimum atomic E-state index is -0.0598. The fourth-order valence-electron chi connectivity index (χ4n) is 2.53. The van der Waals surface area contributed by atoms with E-state index < -0.39 is 0 Å². The molecule has 1 fully saturated rings. The van der Waals surface area contributed by atoms with Gasteiger partial charge in [0.25, 0.3) is 5.91 Å². The predicted octanol–water partition coefficient (Wildman–Crippen LogP) is 0.951. The van der Waals surface area contributed by atoms with E-state index in [0.717, 1.165) is 19.4 Å². The molecule has 1 amide bonds. The molecule has 7 heteroatoms. The Bertz CT molecular complexity index is 579. The Kier molecular flexibility index (Phi) is 3.79. The molecule has 1 unspecified atom stereocenters. The Morgan fingerprint density at radius 1 is 1.55 bits per heavy atom. The molecule has 106 valence electrons. The zero-order chi connectivity index (χ0) is 13.9. The molecule has 0 saturated carbocycles. The molecule has 3 heterocycles. The summed E-state index contributed by atoms with van der Waals surface area (Å²) >= 11 is 1.66. The van der Waals surface area contributed by atoms with Gasteiger partial charge in [-0.2, -0.15) is 0 Å². The van der Waals surface area contributed by atoms with Crippen molar-refractivity contribution >= 4 is 17.2 Å². The molecule has 1 saturated heterocycles. The summed E-state index contributed by atoms with van der Waals surface area (Å²) in [5, 5.41) is 10.0. The maximum Gasteiger partial charge on any atom is 0.276 e. The van der Waals surface area contributed by atoms with Crippen molar-refractivity contribution in [2.75, 3.05) is 13.1 Å². The lowest BCUT2D eigenvalue weighted by atomic mass is 10.2. The molecular weight excluding hydrogens is 274 g/mol. The van der Waals surface area contributed by atoms with Gasteiger partial charge in [0.1, 0.15) is 0 Å². The van der Waals surface area contributed by atoms with Crippen molar-refractivity contribution in [2.45, 2.75) is 25.4 Å². The predicted molar refractivity (Wildman–Crippen MR) is 76.6 cm³/mol. The zero-order valence-corrected chi connectivity index (χ0v) is 11.9. The fraction of sp³-hybridized carbons (Fsp3) is 0.462. The molecule has 0 bridgehead atoms. The van der Waals surface area contributed by atoms with Crippen LogP contribution in [0.25, 0.3) is 0 Å². The molecule has 2 aromatic rings. The minimum absolute atomic E-state index is 0.0598. The number of nitrogens with two attached hydrogens (primary N) is 1. The van der Waals surface area contributed by atoms with Crippen LogP contribution in [0.15, 0.2) is 23.7 Å². The van der Waals surface area contributed by atoms with Crippen molar-refractivity contribution in [3.63, 3.8) is 0 Å². The number of amides is 1. The Morgan fingerprint density at radius 3 is 3.20 bits per heavy atom. The van der Waals surface area contributed by atoms with E-state index in [0.29, 0.717) is 18.8 Å². The van der Waals surface area contributed by atoms with Crippen LogP contribution in [-0.2, 0) is 6.54 Å².